The molecule has 0 aliphatic rings. The molecule has 1 N–H and O–H groups in total. The molecule has 0 saturated heterocycles. The molecule has 0 radical (unpaired) electrons. The highest BCUT2D eigenvalue weighted by Crippen LogP contribution is 2.26. The summed E-state index contributed by atoms with van der Waals surface area (Å²) in [5.41, 5.74) is -2.50. The zero-order valence-electron chi connectivity index (χ0n) is 7.93. The number of sulfone groups is 1. The molecule has 16 heavy (non-hydrogen) atoms. The van der Waals surface area contributed by atoms with Gasteiger partial charge in [0.05, 0.1) is 16.3 Å². The largest absolute Gasteiger partial charge is 0.481 e. The van der Waals surface area contributed by atoms with Gasteiger partial charge >= 0.3 is 5.97 Å². The third kappa shape index (κ3) is 2.70. The molecule has 1 unspecified atom stereocenters. The van der Waals surface area contributed by atoms with Gasteiger partial charge in [-0.2, -0.15) is 0 Å². The average molecular weight is 267 g/mol. The number of rotatable bonds is 4. The summed E-state index contributed by atoms with van der Waals surface area (Å²) in [7, 11) is -4.34. The van der Waals surface area contributed by atoms with Crippen molar-refractivity contribution < 1.29 is 22.7 Å². The number of hydrogen-bond acceptors (Lipinski definition) is 3. The molecule has 4 nitrogen and oxygen atoms in total. The molecular formula is C9H8ClFO4S. The van der Waals surface area contributed by atoms with Crippen molar-refractivity contribution in [1.29, 1.82) is 0 Å². The lowest BCUT2D eigenvalue weighted by molar-refractivity contribution is -0.137. The van der Waals surface area contributed by atoms with E-state index in [9.17, 15) is 17.6 Å². The van der Waals surface area contributed by atoms with Crippen molar-refractivity contribution >= 4 is 27.4 Å². The van der Waals surface area contributed by atoms with Gasteiger partial charge in [0.25, 0.3) is 0 Å². The number of aliphatic carboxylic acids is 1. The van der Waals surface area contributed by atoms with E-state index in [0.717, 1.165) is 6.07 Å². The predicted octanol–water partition coefficient (Wildman–Crippen LogP) is 1.88. The Kier molecular flexibility index (Phi) is 3.88. The monoisotopic (exact) mass is 266 g/mol. The van der Waals surface area contributed by atoms with Crippen molar-refractivity contribution in [2.75, 3.05) is 0 Å². The number of carbonyl (C=O) groups is 1. The first-order valence-electron chi connectivity index (χ1n) is 4.20. The lowest BCUT2D eigenvalue weighted by Gasteiger charge is -2.08. The summed E-state index contributed by atoms with van der Waals surface area (Å²) >= 11 is 5.60. The zero-order valence-corrected chi connectivity index (χ0v) is 9.50. The van der Waals surface area contributed by atoms with E-state index in [1.54, 1.807) is 0 Å². The van der Waals surface area contributed by atoms with Crippen LogP contribution in [0.25, 0.3) is 0 Å². The van der Waals surface area contributed by atoms with E-state index >= 15 is 0 Å². The van der Waals surface area contributed by atoms with E-state index in [0.29, 0.717) is 0 Å². The molecule has 1 rings (SSSR count). The molecule has 0 aromatic heterocycles. The van der Waals surface area contributed by atoms with Gasteiger partial charge in [0.2, 0.25) is 15.3 Å². The van der Waals surface area contributed by atoms with Gasteiger partial charge in [0.15, 0.2) is 0 Å². The van der Waals surface area contributed by atoms with Crippen LogP contribution in [0, 0.1) is 0 Å². The maximum atomic E-state index is 13.3. The summed E-state index contributed by atoms with van der Waals surface area (Å²) in [6.45, 7) is 0. The second-order valence-electron chi connectivity index (χ2n) is 2.98. The first-order chi connectivity index (χ1) is 7.35. The number of hydrogen-bond donors (Lipinski definition) is 1. The highest BCUT2D eigenvalue weighted by molar-refractivity contribution is 7.92. The van der Waals surface area contributed by atoms with Gasteiger partial charge in [-0.15, -0.1) is 0 Å². The minimum Gasteiger partial charge on any atom is -0.481 e. The van der Waals surface area contributed by atoms with Gasteiger partial charge < -0.3 is 5.11 Å². The van der Waals surface area contributed by atoms with Crippen LogP contribution in [0.5, 0.6) is 0 Å². The van der Waals surface area contributed by atoms with Crippen LogP contribution < -0.4 is 0 Å². The number of halogens is 2. The minimum absolute atomic E-state index is 0.129. The quantitative estimate of drug-likeness (QED) is 0.903. The second-order valence-corrected chi connectivity index (χ2v) is 5.43. The van der Waals surface area contributed by atoms with E-state index in [1.165, 1.54) is 18.2 Å². The van der Waals surface area contributed by atoms with Crippen LogP contribution in [0.3, 0.4) is 0 Å². The Bertz CT molecular complexity index is 500. The highest BCUT2D eigenvalue weighted by Gasteiger charge is 2.30. The van der Waals surface area contributed by atoms with Crippen molar-refractivity contribution in [2.45, 2.75) is 16.8 Å². The van der Waals surface area contributed by atoms with Gasteiger partial charge in [0.1, 0.15) is 0 Å². The SMILES string of the molecule is O=C(O)CC(F)S(=O)(=O)c1ccccc1Cl. The second kappa shape index (κ2) is 4.80. The number of carboxylic acid groups (broad SMARTS) is 1. The van der Waals surface area contributed by atoms with Gasteiger partial charge in [-0.05, 0) is 12.1 Å². The molecule has 0 aliphatic carbocycles. The van der Waals surface area contributed by atoms with Crippen molar-refractivity contribution in [3.05, 3.63) is 29.3 Å². The first-order valence-corrected chi connectivity index (χ1v) is 6.12. The van der Waals surface area contributed by atoms with Crippen LogP contribution in [0.2, 0.25) is 5.02 Å². The van der Waals surface area contributed by atoms with Gasteiger partial charge in [-0.3, -0.25) is 4.79 Å². The van der Waals surface area contributed by atoms with E-state index in [2.05, 4.69) is 0 Å². The van der Waals surface area contributed by atoms with Gasteiger partial charge in [-0.1, -0.05) is 23.7 Å². The summed E-state index contributed by atoms with van der Waals surface area (Å²) in [4.78, 5) is 9.84. The maximum Gasteiger partial charge on any atom is 0.307 e. The summed E-state index contributed by atoms with van der Waals surface area (Å²) < 4.78 is 36.4. The lowest BCUT2D eigenvalue weighted by atomic mass is 10.4. The molecule has 1 atom stereocenters. The van der Waals surface area contributed by atoms with E-state index in [-0.39, 0.29) is 5.02 Å². The summed E-state index contributed by atoms with van der Waals surface area (Å²) in [5, 5.41) is 8.20. The molecule has 7 heteroatoms. The fourth-order valence-corrected chi connectivity index (χ4v) is 2.76. The highest BCUT2D eigenvalue weighted by atomic mass is 35.5. The van der Waals surface area contributed by atoms with Crippen molar-refractivity contribution in [1.82, 2.24) is 0 Å². The Hall–Kier alpha value is -1.14. The fourth-order valence-electron chi connectivity index (χ4n) is 1.06. The van der Waals surface area contributed by atoms with Crippen LogP contribution in [0.4, 0.5) is 4.39 Å². The summed E-state index contributed by atoms with van der Waals surface area (Å²) in [6, 6.07) is 5.30. The molecule has 0 bridgehead atoms. The molecule has 0 spiro atoms. The van der Waals surface area contributed by atoms with E-state index < -0.39 is 32.6 Å². The maximum absolute atomic E-state index is 13.3. The molecule has 0 aliphatic heterocycles. The first kappa shape index (κ1) is 12.9. The van der Waals surface area contributed by atoms with Crippen molar-refractivity contribution in [3.8, 4) is 0 Å². The standard InChI is InChI=1S/C9H8ClFO4S/c10-6-3-1-2-4-7(6)16(14,15)8(11)5-9(12)13/h1-4,8H,5H2,(H,12,13). The number of alkyl halides is 1. The van der Waals surface area contributed by atoms with Crippen LogP contribution in [-0.4, -0.2) is 25.0 Å². The summed E-state index contributed by atoms with van der Waals surface area (Å²) in [5.74, 6) is -1.52. The lowest BCUT2D eigenvalue weighted by Crippen LogP contribution is -2.20. The van der Waals surface area contributed by atoms with Gasteiger partial charge in [0, 0.05) is 0 Å². The predicted molar refractivity (Wildman–Crippen MR) is 55.8 cm³/mol. The van der Waals surface area contributed by atoms with E-state index in [4.69, 9.17) is 16.7 Å². The number of carboxylic acids is 1. The molecule has 1 aromatic carbocycles. The number of benzene rings is 1. The van der Waals surface area contributed by atoms with E-state index in [1.807, 2.05) is 0 Å². The average Bonchev–Trinajstić information content (AvgIpc) is 2.16. The molecular weight excluding hydrogens is 259 g/mol. The zero-order chi connectivity index (χ0) is 12.3. The smallest absolute Gasteiger partial charge is 0.307 e. The molecule has 0 heterocycles. The third-order valence-corrected chi connectivity index (χ3v) is 4.07. The minimum atomic E-state index is -4.34. The molecule has 0 amide bonds. The van der Waals surface area contributed by atoms with Crippen LogP contribution in [-0.2, 0) is 14.6 Å². The van der Waals surface area contributed by atoms with Crippen LogP contribution in [0.15, 0.2) is 29.2 Å². The fraction of sp³-hybridized carbons (Fsp3) is 0.222. The molecule has 88 valence electrons. The van der Waals surface area contributed by atoms with Crippen molar-refractivity contribution in [3.63, 3.8) is 0 Å². The Labute approximate surface area is 96.6 Å². The topological polar surface area (TPSA) is 71.4 Å². The van der Waals surface area contributed by atoms with Gasteiger partial charge in [-0.25, -0.2) is 12.8 Å². The molecule has 0 fully saturated rings. The Balaban J connectivity index is 3.12. The Morgan fingerprint density at radius 3 is 2.50 bits per heavy atom. The van der Waals surface area contributed by atoms with Crippen LogP contribution >= 0.6 is 11.6 Å². The van der Waals surface area contributed by atoms with Crippen LogP contribution in [0.1, 0.15) is 6.42 Å². The molecule has 1 aromatic rings. The Morgan fingerprint density at radius 1 is 1.44 bits per heavy atom. The van der Waals surface area contributed by atoms with Crippen molar-refractivity contribution in [2.24, 2.45) is 0 Å². The third-order valence-electron chi connectivity index (χ3n) is 1.81. The normalized spacial score (nSPS) is 13.4. The molecule has 0 saturated carbocycles. The summed E-state index contributed by atoms with van der Waals surface area (Å²) in [6.07, 6.45) is -1.10. The Morgan fingerprint density at radius 2 is 2.00 bits per heavy atom.